The van der Waals surface area contributed by atoms with Crippen molar-refractivity contribution in [3.8, 4) is 0 Å². The lowest BCUT2D eigenvalue weighted by Gasteiger charge is -2.28. The van der Waals surface area contributed by atoms with Crippen LogP contribution in [0.15, 0.2) is 60.9 Å². The van der Waals surface area contributed by atoms with Crippen molar-refractivity contribution in [3.05, 3.63) is 75.8 Å². The highest BCUT2D eigenvalue weighted by Crippen LogP contribution is 2.29. The smallest absolute Gasteiger partial charge is 0.323 e. The van der Waals surface area contributed by atoms with Gasteiger partial charge in [0.15, 0.2) is 10.4 Å². The fourth-order valence-corrected chi connectivity index (χ4v) is 4.86. The Kier molecular flexibility index (Phi) is 7.50. The predicted octanol–water partition coefficient (Wildman–Crippen LogP) is 5.38. The van der Waals surface area contributed by atoms with Crippen LogP contribution in [0.5, 0.6) is 0 Å². The first-order valence-corrected chi connectivity index (χ1v) is 11.9. The molecule has 1 unspecified atom stereocenters. The van der Waals surface area contributed by atoms with Crippen LogP contribution in [0.1, 0.15) is 48.5 Å². The molecule has 1 atom stereocenters. The number of anilines is 1. The number of carbonyl (C=O) groups excluding carboxylic acids is 2. The van der Waals surface area contributed by atoms with Gasteiger partial charge in [-0.1, -0.05) is 54.4 Å². The summed E-state index contributed by atoms with van der Waals surface area (Å²) >= 11 is 7.29. The summed E-state index contributed by atoms with van der Waals surface area (Å²) in [6.45, 7) is 0.209. The van der Waals surface area contributed by atoms with Crippen molar-refractivity contribution in [1.82, 2.24) is 9.97 Å². The Morgan fingerprint density at radius 2 is 1.81 bits per heavy atom. The van der Waals surface area contributed by atoms with Crippen molar-refractivity contribution in [2.24, 2.45) is 0 Å². The highest BCUT2D eigenvalue weighted by atomic mass is 35.5. The van der Waals surface area contributed by atoms with Crippen molar-refractivity contribution in [2.45, 2.75) is 50.7 Å². The quantitative estimate of drug-likeness (QED) is 0.343. The van der Waals surface area contributed by atoms with E-state index in [1.54, 1.807) is 42.7 Å². The van der Waals surface area contributed by atoms with E-state index in [2.05, 4.69) is 9.97 Å². The maximum absolute atomic E-state index is 13.9. The summed E-state index contributed by atoms with van der Waals surface area (Å²) in [4.78, 5) is 37.9. The second-order valence-corrected chi connectivity index (χ2v) is 9.43. The molecule has 0 bridgehead atoms. The molecule has 0 radical (unpaired) electrons. The van der Waals surface area contributed by atoms with Crippen molar-refractivity contribution in [2.75, 3.05) is 4.90 Å². The van der Waals surface area contributed by atoms with Crippen molar-refractivity contribution in [3.63, 3.8) is 0 Å². The normalized spacial score (nSPS) is 15.2. The van der Waals surface area contributed by atoms with Gasteiger partial charge in [-0.25, -0.2) is 9.97 Å². The number of hydrogen-bond acceptors (Lipinski definition) is 6. The lowest BCUT2D eigenvalue weighted by molar-refractivity contribution is -0.154. The van der Waals surface area contributed by atoms with Gasteiger partial charge in [0.2, 0.25) is 5.91 Å². The zero-order chi connectivity index (χ0) is 22.3. The van der Waals surface area contributed by atoms with Gasteiger partial charge in [-0.2, -0.15) is 0 Å². The molecule has 32 heavy (non-hydrogen) atoms. The molecule has 1 fully saturated rings. The molecule has 1 saturated carbocycles. The topological polar surface area (TPSA) is 72.4 Å². The maximum Gasteiger partial charge on any atom is 0.323 e. The molecule has 2 aromatic heterocycles. The Morgan fingerprint density at radius 3 is 2.47 bits per heavy atom. The molecular weight excluding hydrogens is 446 g/mol. The zero-order valence-electron chi connectivity index (χ0n) is 17.5. The summed E-state index contributed by atoms with van der Waals surface area (Å²) in [6, 6.07) is 14.4. The molecule has 0 spiro atoms. The molecule has 8 heteroatoms. The van der Waals surface area contributed by atoms with E-state index < -0.39 is 11.9 Å². The number of pyridine rings is 1. The van der Waals surface area contributed by atoms with Gasteiger partial charge in [0.05, 0.1) is 6.54 Å². The first kappa shape index (κ1) is 22.4. The summed E-state index contributed by atoms with van der Waals surface area (Å²) in [5.74, 6) is -1.53. The van der Waals surface area contributed by atoms with Gasteiger partial charge in [-0.15, -0.1) is 11.3 Å². The lowest BCUT2D eigenvalue weighted by atomic mass is 9.95. The Morgan fingerprint density at radius 1 is 1.06 bits per heavy atom. The number of ether oxygens (including phenoxy) is 1. The number of nitrogens with zero attached hydrogens (tertiary/aromatic N) is 3. The second-order valence-electron chi connectivity index (χ2n) is 7.73. The Hall–Kier alpha value is -2.77. The first-order valence-electron chi connectivity index (χ1n) is 10.7. The molecule has 6 nitrogen and oxygen atoms in total. The molecule has 1 aliphatic rings. The number of amides is 1. The molecular formula is C24H24ClN3O3S. The summed E-state index contributed by atoms with van der Waals surface area (Å²) in [6.07, 6.45) is 8.01. The minimum atomic E-state index is -1.08. The number of benzene rings is 1. The first-order chi connectivity index (χ1) is 15.6. The molecule has 0 saturated heterocycles. The van der Waals surface area contributed by atoms with Crippen molar-refractivity contribution >= 4 is 40.6 Å². The zero-order valence-corrected chi connectivity index (χ0v) is 19.1. The van der Waals surface area contributed by atoms with E-state index in [0.29, 0.717) is 15.8 Å². The Labute approximate surface area is 196 Å². The number of esters is 1. The number of thiazole rings is 1. The minimum absolute atomic E-state index is 0.140. The van der Waals surface area contributed by atoms with E-state index in [9.17, 15) is 9.59 Å². The van der Waals surface area contributed by atoms with Crippen molar-refractivity contribution < 1.29 is 14.3 Å². The van der Waals surface area contributed by atoms with E-state index in [1.807, 2.05) is 18.2 Å². The van der Waals surface area contributed by atoms with Gasteiger partial charge in [0.1, 0.15) is 11.9 Å². The van der Waals surface area contributed by atoms with E-state index >= 15 is 0 Å². The predicted molar refractivity (Wildman–Crippen MR) is 125 cm³/mol. The summed E-state index contributed by atoms with van der Waals surface area (Å²) in [7, 11) is 0. The van der Waals surface area contributed by atoms with Gasteiger partial charge in [-0.3, -0.25) is 14.5 Å². The lowest BCUT2D eigenvalue weighted by Crippen LogP contribution is -2.40. The molecule has 0 N–H and O–H groups in total. The number of carbonyl (C=O) groups is 2. The van der Waals surface area contributed by atoms with Crippen LogP contribution in [0, 0.1) is 0 Å². The van der Waals surface area contributed by atoms with Gasteiger partial charge < -0.3 is 4.74 Å². The fourth-order valence-electron chi connectivity index (χ4n) is 3.89. The molecule has 3 aromatic rings. The highest BCUT2D eigenvalue weighted by Gasteiger charge is 2.36. The van der Waals surface area contributed by atoms with Crippen LogP contribution in [0.4, 0.5) is 5.82 Å². The molecule has 2 heterocycles. The van der Waals surface area contributed by atoms with Crippen LogP contribution in [-0.4, -0.2) is 27.9 Å². The molecule has 1 amide bonds. The SMILES string of the molecule is O=C(OC1CCCCC1)C(C(=O)N(Cc1cnc(Cl)s1)c1ccccn1)c1ccccc1. The number of halogens is 1. The average Bonchev–Trinajstić information content (AvgIpc) is 3.24. The molecule has 1 aliphatic carbocycles. The minimum Gasteiger partial charge on any atom is -0.462 e. The second kappa shape index (κ2) is 10.7. The van der Waals surface area contributed by atoms with Crippen LogP contribution >= 0.6 is 22.9 Å². The average molecular weight is 470 g/mol. The Balaban J connectivity index is 1.66. The number of aromatic nitrogens is 2. The molecule has 1 aromatic carbocycles. The monoisotopic (exact) mass is 469 g/mol. The van der Waals surface area contributed by atoms with E-state index in [1.165, 1.54) is 16.2 Å². The standard InChI is InChI=1S/C24H24ClN3O3S/c25-24-27-15-19(32-24)16-28(20-13-7-8-14-26-20)22(29)21(17-9-3-1-4-10-17)23(30)31-18-11-5-2-6-12-18/h1,3-4,7-10,13-15,18,21H,2,5-6,11-12,16H2. The van der Waals surface area contributed by atoms with E-state index in [4.69, 9.17) is 16.3 Å². The van der Waals surface area contributed by atoms with E-state index in [-0.39, 0.29) is 18.6 Å². The molecule has 4 rings (SSSR count). The third-order valence-corrected chi connectivity index (χ3v) is 6.58. The summed E-state index contributed by atoms with van der Waals surface area (Å²) < 4.78 is 6.22. The van der Waals surface area contributed by atoms with E-state index in [0.717, 1.165) is 37.0 Å². The van der Waals surface area contributed by atoms with Crippen LogP contribution in [-0.2, 0) is 20.9 Å². The van der Waals surface area contributed by atoms with Crippen LogP contribution < -0.4 is 4.90 Å². The summed E-state index contributed by atoms with van der Waals surface area (Å²) in [5.41, 5.74) is 0.599. The molecule has 0 aliphatic heterocycles. The third kappa shape index (κ3) is 5.53. The third-order valence-electron chi connectivity index (χ3n) is 5.48. The van der Waals surface area contributed by atoms with Crippen LogP contribution in [0.25, 0.3) is 0 Å². The van der Waals surface area contributed by atoms with Gasteiger partial charge >= 0.3 is 5.97 Å². The van der Waals surface area contributed by atoms with Gasteiger partial charge in [0, 0.05) is 17.3 Å². The largest absolute Gasteiger partial charge is 0.462 e. The van der Waals surface area contributed by atoms with Crippen LogP contribution in [0.2, 0.25) is 4.47 Å². The van der Waals surface area contributed by atoms with Gasteiger partial charge in [-0.05, 0) is 43.4 Å². The van der Waals surface area contributed by atoms with Crippen LogP contribution in [0.3, 0.4) is 0 Å². The van der Waals surface area contributed by atoms with Crippen molar-refractivity contribution in [1.29, 1.82) is 0 Å². The summed E-state index contributed by atoms with van der Waals surface area (Å²) in [5, 5.41) is 0. The molecule has 166 valence electrons. The highest BCUT2D eigenvalue weighted by molar-refractivity contribution is 7.15. The van der Waals surface area contributed by atoms with Gasteiger partial charge in [0.25, 0.3) is 0 Å². The number of hydrogen-bond donors (Lipinski definition) is 0. The maximum atomic E-state index is 13.9. The fraction of sp³-hybridized carbons (Fsp3) is 0.333. The number of rotatable bonds is 7. The Bertz CT molecular complexity index is 1040.